The molecule has 1 aliphatic heterocycles. The number of hydrogen-bond acceptors (Lipinski definition) is 3. The summed E-state index contributed by atoms with van der Waals surface area (Å²) >= 11 is 7.78. The van der Waals surface area contributed by atoms with Gasteiger partial charge >= 0.3 is 6.18 Å². The number of rotatable bonds is 3. The Morgan fingerprint density at radius 3 is 2.70 bits per heavy atom. The van der Waals surface area contributed by atoms with Gasteiger partial charge in [0.15, 0.2) is 0 Å². The second kappa shape index (κ2) is 6.19. The van der Waals surface area contributed by atoms with Crippen LogP contribution in [0.15, 0.2) is 35.2 Å². The summed E-state index contributed by atoms with van der Waals surface area (Å²) in [6.45, 7) is -0.724. The summed E-state index contributed by atoms with van der Waals surface area (Å²) < 4.78 is 44.3. The predicted octanol–water partition coefficient (Wildman–Crippen LogP) is 4.69. The van der Waals surface area contributed by atoms with Crippen molar-refractivity contribution in [1.82, 2.24) is 0 Å². The van der Waals surface area contributed by atoms with Crippen molar-refractivity contribution in [3.8, 4) is 5.75 Å². The molecule has 1 aromatic heterocycles. The van der Waals surface area contributed by atoms with Gasteiger partial charge in [0.25, 0.3) is 0 Å². The quantitative estimate of drug-likeness (QED) is 0.860. The van der Waals surface area contributed by atoms with Crippen LogP contribution in [-0.2, 0) is 6.42 Å². The highest BCUT2D eigenvalue weighted by atomic mass is 35.5. The van der Waals surface area contributed by atoms with Gasteiger partial charge in [0.2, 0.25) is 6.10 Å². The highest BCUT2D eigenvalue weighted by molar-refractivity contribution is 7.09. The van der Waals surface area contributed by atoms with Gasteiger partial charge in [0.05, 0.1) is 6.61 Å². The second-order valence-electron chi connectivity index (χ2n) is 5.15. The summed E-state index contributed by atoms with van der Waals surface area (Å²) in [4.78, 5) is 1.06. The molecule has 1 aromatic carbocycles. The Balaban J connectivity index is 1.98. The van der Waals surface area contributed by atoms with Gasteiger partial charge in [-0.3, -0.25) is 0 Å². The lowest BCUT2D eigenvalue weighted by atomic mass is 9.99. The summed E-state index contributed by atoms with van der Waals surface area (Å²) in [5.41, 5.74) is 0.913. The van der Waals surface area contributed by atoms with Crippen LogP contribution in [0, 0.1) is 0 Å². The van der Waals surface area contributed by atoms with Gasteiger partial charge in [0.1, 0.15) is 5.75 Å². The number of thiophene rings is 1. The molecule has 2 heterocycles. The number of fused-ring (bicyclic) bond motifs is 1. The van der Waals surface area contributed by atoms with Crippen molar-refractivity contribution in [2.45, 2.75) is 18.7 Å². The van der Waals surface area contributed by atoms with Gasteiger partial charge in [-0.1, -0.05) is 17.7 Å². The van der Waals surface area contributed by atoms with E-state index in [1.807, 2.05) is 17.5 Å². The maximum atomic E-state index is 13.1. The van der Waals surface area contributed by atoms with Crippen molar-refractivity contribution in [2.75, 3.05) is 6.61 Å². The van der Waals surface area contributed by atoms with E-state index in [-0.39, 0.29) is 11.3 Å². The molecule has 2 nitrogen and oxygen atoms in total. The predicted molar refractivity (Wildman–Crippen MR) is 84.1 cm³/mol. The van der Waals surface area contributed by atoms with Crippen molar-refractivity contribution in [1.29, 1.82) is 0 Å². The van der Waals surface area contributed by atoms with E-state index >= 15 is 0 Å². The summed E-state index contributed by atoms with van der Waals surface area (Å²) in [6.07, 6.45) is -4.89. The van der Waals surface area contributed by atoms with E-state index in [9.17, 15) is 13.2 Å². The monoisotopic (exact) mass is 360 g/mol. The first-order valence-corrected chi connectivity index (χ1v) is 8.03. The Bertz CT molecular complexity index is 739. The zero-order valence-electron chi connectivity index (χ0n) is 11.7. The third kappa shape index (κ3) is 3.39. The van der Waals surface area contributed by atoms with Gasteiger partial charge in [0, 0.05) is 27.5 Å². The standard InChI is InChI=1S/C16H12ClF3O2S/c17-13-6-10-4-11(8-21)15(16(18,19)20)22-14(10)7-9(13)5-12-2-1-3-23-12/h1-4,6-7,15,21H,5,8H2. The van der Waals surface area contributed by atoms with Gasteiger partial charge < -0.3 is 9.84 Å². The van der Waals surface area contributed by atoms with Crippen LogP contribution in [0.2, 0.25) is 5.02 Å². The molecule has 1 unspecified atom stereocenters. The summed E-state index contributed by atoms with van der Waals surface area (Å²) in [5, 5.41) is 11.5. The molecule has 2 aromatic rings. The average Bonchev–Trinajstić information content (AvgIpc) is 2.99. The van der Waals surface area contributed by atoms with E-state index in [1.165, 1.54) is 6.08 Å². The van der Waals surface area contributed by atoms with Gasteiger partial charge in [-0.2, -0.15) is 13.2 Å². The number of benzene rings is 1. The molecule has 0 saturated heterocycles. The third-order valence-corrected chi connectivity index (χ3v) is 4.75. The van der Waals surface area contributed by atoms with Crippen molar-refractivity contribution >= 4 is 29.0 Å². The average molecular weight is 361 g/mol. The lowest BCUT2D eigenvalue weighted by Gasteiger charge is -2.28. The zero-order chi connectivity index (χ0) is 16.6. The number of hydrogen-bond donors (Lipinski definition) is 1. The molecule has 0 bridgehead atoms. The number of halogens is 4. The Hall–Kier alpha value is -1.50. The number of aliphatic hydroxyl groups is 1. The van der Waals surface area contributed by atoms with E-state index in [4.69, 9.17) is 21.4 Å². The van der Waals surface area contributed by atoms with E-state index in [1.54, 1.807) is 23.5 Å². The lowest BCUT2D eigenvalue weighted by Crippen LogP contribution is -2.38. The molecule has 23 heavy (non-hydrogen) atoms. The van der Waals surface area contributed by atoms with Crippen LogP contribution in [0.5, 0.6) is 5.75 Å². The number of alkyl halides is 3. The lowest BCUT2D eigenvalue weighted by molar-refractivity contribution is -0.185. The fraction of sp³-hybridized carbons (Fsp3) is 0.250. The first-order chi connectivity index (χ1) is 10.9. The molecular formula is C16H12ClF3O2S. The first-order valence-electron chi connectivity index (χ1n) is 6.78. The second-order valence-corrected chi connectivity index (χ2v) is 6.59. The molecule has 1 atom stereocenters. The van der Waals surface area contributed by atoms with E-state index < -0.39 is 18.9 Å². The largest absolute Gasteiger partial charge is 0.476 e. The smallest absolute Gasteiger partial charge is 0.429 e. The van der Waals surface area contributed by atoms with Gasteiger partial charge in [-0.25, -0.2) is 0 Å². The van der Waals surface area contributed by atoms with E-state index in [0.717, 1.165) is 4.88 Å². The first kappa shape index (κ1) is 16.4. The molecule has 122 valence electrons. The maximum absolute atomic E-state index is 13.1. The molecule has 3 rings (SSSR count). The molecule has 0 radical (unpaired) electrons. The van der Waals surface area contributed by atoms with Crippen molar-refractivity contribution in [3.05, 3.63) is 56.2 Å². The maximum Gasteiger partial charge on any atom is 0.429 e. The molecule has 0 fully saturated rings. The van der Waals surface area contributed by atoms with Crippen LogP contribution in [0.3, 0.4) is 0 Å². The topological polar surface area (TPSA) is 29.5 Å². The fourth-order valence-electron chi connectivity index (χ4n) is 2.45. The van der Waals surface area contributed by atoms with Crippen LogP contribution in [0.1, 0.15) is 16.0 Å². The molecule has 0 spiro atoms. The Labute approximate surface area is 139 Å². The molecule has 7 heteroatoms. The summed E-state index contributed by atoms with van der Waals surface area (Å²) in [5.74, 6) is 0.125. The Morgan fingerprint density at radius 1 is 1.30 bits per heavy atom. The minimum atomic E-state index is -4.58. The fourth-order valence-corrected chi connectivity index (χ4v) is 3.41. The van der Waals surface area contributed by atoms with Crippen molar-refractivity contribution < 1.29 is 23.0 Å². The van der Waals surface area contributed by atoms with E-state index in [2.05, 4.69) is 0 Å². The molecule has 0 amide bonds. The normalized spacial score (nSPS) is 17.4. The molecular weight excluding hydrogens is 349 g/mol. The number of aliphatic hydroxyl groups excluding tert-OH is 1. The highest BCUT2D eigenvalue weighted by Crippen LogP contribution is 2.39. The molecule has 0 aliphatic carbocycles. The zero-order valence-corrected chi connectivity index (χ0v) is 13.3. The number of ether oxygens (including phenoxy) is 1. The molecule has 1 N–H and O–H groups in total. The molecule has 0 saturated carbocycles. The SMILES string of the molecule is OCC1=Cc2cc(Cl)c(Cc3cccs3)cc2OC1C(F)(F)F. The third-order valence-electron chi connectivity index (χ3n) is 3.53. The minimum Gasteiger partial charge on any atom is -0.476 e. The van der Waals surface area contributed by atoms with Crippen LogP contribution in [0.25, 0.3) is 6.08 Å². The van der Waals surface area contributed by atoms with Gasteiger partial charge in [-0.05, 0) is 35.2 Å². The summed E-state index contributed by atoms with van der Waals surface area (Å²) in [6, 6.07) is 6.95. The minimum absolute atomic E-state index is 0.125. The van der Waals surface area contributed by atoms with Crippen LogP contribution < -0.4 is 4.74 Å². The van der Waals surface area contributed by atoms with Crippen LogP contribution in [0.4, 0.5) is 13.2 Å². The highest BCUT2D eigenvalue weighted by Gasteiger charge is 2.45. The summed E-state index contributed by atoms with van der Waals surface area (Å²) in [7, 11) is 0. The Morgan fingerprint density at radius 2 is 2.09 bits per heavy atom. The molecule has 1 aliphatic rings. The van der Waals surface area contributed by atoms with Gasteiger partial charge in [-0.15, -0.1) is 11.3 Å². The Kier molecular flexibility index (Phi) is 4.40. The van der Waals surface area contributed by atoms with Crippen LogP contribution >= 0.6 is 22.9 Å². The van der Waals surface area contributed by atoms with Crippen molar-refractivity contribution in [2.24, 2.45) is 0 Å². The van der Waals surface area contributed by atoms with E-state index in [0.29, 0.717) is 22.6 Å². The van der Waals surface area contributed by atoms with Crippen LogP contribution in [-0.4, -0.2) is 24.0 Å². The van der Waals surface area contributed by atoms with Crippen molar-refractivity contribution in [3.63, 3.8) is 0 Å².